The summed E-state index contributed by atoms with van der Waals surface area (Å²) in [7, 11) is -4.41. The SMILES string of the molecule is Cc1c([N+](=O)[O-])cc(S(=O)(=O)Nc2cccc(-c3ccc4nnc(-c5cccs5)n4n3)c2)cc1[N+](=O)[O-]. The Kier molecular flexibility index (Phi) is 5.85. The van der Waals surface area contributed by atoms with Crippen LogP contribution >= 0.6 is 11.3 Å². The maximum absolute atomic E-state index is 13.0. The first kappa shape index (κ1) is 24.0. The van der Waals surface area contributed by atoms with Crippen LogP contribution in [0.3, 0.4) is 0 Å². The molecule has 15 heteroatoms. The number of sulfonamides is 1. The highest BCUT2D eigenvalue weighted by atomic mass is 32.2. The predicted molar refractivity (Wildman–Crippen MR) is 135 cm³/mol. The van der Waals surface area contributed by atoms with Gasteiger partial charge in [-0.05, 0) is 42.6 Å². The predicted octanol–water partition coefficient (Wildman–Crippen LogP) is 4.45. The fraction of sp³-hybridized carbons (Fsp3) is 0.0455. The van der Waals surface area contributed by atoms with Crippen LogP contribution in [0.5, 0.6) is 0 Å². The van der Waals surface area contributed by atoms with Gasteiger partial charge in [0, 0.05) is 23.4 Å². The minimum Gasteiger partial charge on any atom is -0.280 e. The Morgan fingerprint density at radius 2 is 1.68 bits per heavy atom. The first-order valence-electron chi connectivity index (χ1n) is 10.5. The molecule has 0 aliphatic rings. The summed E-state index contributed by atoms with van der Waals surface area (Å²) in [5, 5.41) is 37.5. The van der Waals surface area contributed by atoms with E-state index in [0.29, 0.717) is 22.7 Å². The summed E-state index contributed by atoms with van der Waals surface area (Å²) < 4.78 is 30.0. The molecule has 3 aromatic heterocycles. The molecule has 0 aliphatic carbocycles. The van der Waals surface area contributed by atoms with Crippen LogP contribution in [-0.4, -0.2) is 38.1 Å². The molecule has 0 amide bonds. The van der Waals surface area contributed by atoms with Gasteiger partial charge < -0.3 is 0 Å². The molecule has 3 heterocycles. The van der Waals surface area contributed by atoms with Gasteiger partial charge in [-0.15, -0.1) is 21.5 Å². The average molecular weight is 538 g/mol. The molecule has 0 atom stereocenters. The van der Waals surface area contributed by atoms with Crippen LogP contribution < -0.4 is 4.72 Å². The Balaban J connectivity index is 1.51. The lowest BCUT2D eigenvalue weighted by Crippen LogP contribution is -2.14. The standard InChI is InChI=1S/C22H15N7O6S2/c1-13-18(28(30)31)11-16(12-19(13)29(32)33)37(34,35)26-15-5-2-4-14(10-15)17-7-8-21-23-24-22(27(21)25-17)20-6-3-9-36-20/h2-12,26H,1H3. The van der Waals surface area contributed by atoms with Crippen molar-refractivity contribution in [2.24, 2.45) is 0 Å². The van der Waals surface area contributed by atoms with E-state index in [4.69, 9.17) is 0 Å². The molecule has 1 N–H and O–H groups in total. The molecule has 186 valence electrons. The van der Waals surface area contributed by atoms with Crippen molar-refractivity contribution in [1.82, 2.24) is 19.8 Å². The molecule has 5 aromatic rings. The van der Waals surface area contributed by atoms with Gasteiger partial charge in [-0.1, -0.05) is 18.2 Å². The number of hydrogen-bond acceptors (Lipinski definition) is 10. The fourth-order valence-electron chi connectivity index (χ4n) is 3.65. The lowest BCUT2D eigenvalue weighted by molar-refractivity contribution is -0.395. The summed E-state index contributed by atoms with van der Waals surface area (Å²) in [6.45, 7) is 1.19. The summed E-state index contributed by atoms with van der Waals surface area (Å²) >= 11 is 1.49. The maximum atomic E-state index is 13.0. The Bertz CT molecular complexity index is 1760. The highest BCUT2D eigenvalue weighted by Gasteiger charge is 2.28. The zero-order valence-corrected chi connectivity index (χ0v) is 20.4. The molecule has 0 fully saturated rings. The molecule has 37 heavy (non-hydrogen) atoms. The summed E-state index contributed by atoms with van der Waals surface area (Å²) in [5.41, 5.74) is 0.154. The van der Waals surface area contributed by atoms with Crippen molar-refractivity contribution < 1.29 is 18.3 Å². The molecule has 5 rings (SSSR count). The fourth-order valence-corrected chi connectivity index (χ4v) is 5.43. The molecular formula is C22H15N7O6S2. The molecule has 0 bridgehead atoms. The topological polar surface area (TPSA) is 176 Å². The summed E-state index contributed by atoms with van der Waals surface area (Å²) in [4.78, 5) is 21.3. The van der Waals surface area contributed by atoms with E-state index in [0.717, 1.165) is 17.0 Å². The molecular weight excluding hydrogens is 522 g/mol. The van der Waals surface area contributed by atoms with E-state index < -0.39 is 36.1 Å². The number of thiophene rings is 1. The minimum absolute atomic E-state index is 0.132. The van der Waals surface area contributed by atoms with Gasteiger partial charge in [0.25, 0.3) is 21.4 Å². The number of nitro benzene ring substituents is 2. The number of fused-ring (bicyclic) bond motifs is 1. The molecule has 0 unspecified atom stereocenters. The second-order valence-electron chi connectivity index (χ2n) is 7.78. The van der Waals surface area contributed by atoms with Crippen LogP contribution in [-0.2, 0) is 10.0 Å². The van der Waals surface area contributed by atoms with Crippen LogP contribution in [0.2, 0.25) is 0 Å². The van der Waals surface area contributed by atoms with Gasteiger partial charge in [0.05, 0.1) is 20.4 Å². The number of nitrogens with zero attached hydrogens (tertiary/aromatic N) is 6. The van der Waals surface area contributed by atoms with Gasteiger partial charge in [0.1, 0.15) is 10.5 Å². The summed E-state index contributed by atoms with van der Waals surface area (Å²) in [5.74, 6) is 0.561. The molecule has 0 saturated carbocycles. The van der Waals surface area contributed by atoms with E-state index in [1.54, 1.807) is 28.8 Å². The Hall–Kier alpha value is -4.76. The average Bonchev–Trinajstić information content (AvgIpc) is 3.53. The van der Waals surface area contributed by atoms with E-state index in [1.807, 2.05) is 17.5 Å². The van der Waals surface area contributed by atoms with Crippen molar-refractivity contribution in [1.29, 1.82) is 0 Å². The number of nitro groups is 2. The van der Waals surface area contributed by atoms with Gasteiger partial charge in [-0.25, -0.2) is 8.42 Å². The monoisotopic (exact) mass is 537 g/mol. The smallest absolute Gasteiger partial charge is 0.280 e. The highest BCUT2D eigenvalue weighted by molar-refractivity contribution is 7.92. The third-order valence-electron chi connectivity index (χ3n) is 5.45. The van der Waals surface area contributed by atoms with Gasteiger partial charge >= 0.3 is 0 Å². The summed E-state index contributed by atoms with van der Waals surface area (Å²) in [6.07, 6.45) is 0. The van der Waals surface area contributed by atoms with Gasteiger partial charge in [0.2, 0.25) is 0 Å². The second-order valence-corrected chi connectivity index (χ2v) is 10.4. The Labute approximate surface area is 212 Å². The quantitative estimate of drug-likeness (QED) is 0.232. The lowest BCUT2D eigenvalue weighted by atomic mass is 10.1. The van der Waals surface area contributed by atoms with E-state index in [1.165, 1.54) is 30.4 Å². The van der Waals surface area contributed by atoms with Crippen LogP contribution in [0, 0.1) is 27.2 Å². The van der Waals surface area contributed by atoms with Crippen LogP contribution in [0.15, 0.2) is 70.9 Å². The molecule has 13 nitrogen and oxygen atoms in total. The number of nitrogens with one attached hydrogen (secondary N) is 1. The number of hydrogen-bond donors (Lipinski definition) is 1. The molecule has 0 aliphatic heterocycles. The van der Waals surface area contributed by atoms with Gasteiger partial charge in [0.15, 0.2) is 11.5 Å². The zero-order valence-electron chi connectivity index (χ0n) is 18.8. The first-order valence-corrected chi connectivity index (χ1v) is 12.8. The number of benzene rings is 2. The third kappa shape index (κ3) is 4.48. The molecule has 0 saturated heterocycles. The molecule has 0 radical (unpaired) electrons. The molecule has 0 spiro atoms. The Morgan fingerprint density at radius 3 is 2.32 bits per heavy atom. The highest BCUT2D eigenvalue weighted by Crippen LogP contribution is 2.32. The van der Waals surface area contributed by atoms with Crippen LogP contribution in [0.4, 0.5) is 17.1 Å². The number of anilines is 1. The van der Waals surface area contributed by atoms with Crippen molar-refractivity contribution in [2.75, 3.05) is 4.72 Å². The van der Waals surface area contributed by atoms with E-state index >= 15 is 0 Å². The third-order valence-corrected chi connectivity index (χ3v) is 7.67. The van der Waals surface area contributed by atoms with Crippen LogP contribution in [0.25, 0.3) is 27.6 Å². The minimum atomic E-state index is -4.41. The van der Waals surface area contributed by atoms with E-state index in [2.05, 4.69) is 20.0 Å². The van der Waals surface area contributed by atoms with E-state index in [-0.39, 0.29) is 11.3 Å². The zero-order chi connectivity index (χ0) is 26.3. The Morgan fingerprint density at radius 1 is 0.946 bits per heavy atom. The normalized spacial score (nSPS) is 11.5. The lowest BCUT2D eigenvalue weighted by Gasteiger charge is -2.10. The number of aromatic nitrogens is 4. The van der Waals surface area contributed by atoms with Crippen molar-refractivity contribution in [2.45, 2.75) is 11.8 Å². The summed E-state index contributed by atoms with van der Waals surface area (Å²) in [6, 6.07) is 15.1. The first-order chi connectivity index (χ1) is 17.6. The number of rotatable bonds is 7. The largest absolute Gasteiger partial charge is 0.280 e. The van der Waals surface area contributed by atoms with Crippen LogP contribution in [0.1, 0.15) is 5.56 Å². The van der Waals surface area contributed by atoms with Crippen molar-refractivity contribution >= 4 is 44.1 Å². The van der Waals surface area contributed by atoms with E-state index in [9.17, 15) is 28.6 Å². The maximum Gasteiger partial charge on any atom is 0.280 e. The van der Waals surface area contributed by atoms with Crippen molar-refractivity contribution in [3.63, 3.8) is 0 Å². The van der Waals surface area contributed by atoms with Crippen molar-refractivity contribution in [3.05, 3.63) is 91.8 Å². The van der Waals surface area contributed by atoms with Gasteiger partial charge in [-0.3, -0.25) is 25.0 Å². The van der Waals surface area contributed by atoms with Gasteiger partial charge in [-0.2, -0.15) is 9.61 Å². The van der Waals surface area contributed by atoms with Crippen molar-refractivity contribution in [3.8, 4) is 22.0 Å². The second kappa shape index (κ2) is 9.03. The molecule has 2 aromatic carbocycles.